The smallest absolute Gasteiger partial charge is 0.328 e. The minimum Gasteiger partial charge on any atom is -0.489 e. The van der Waals surface area contributed by atoms with E-state index in [9.17, 15) is 18.3 Å². The lowest BCUT2D eigenvalue weighted by atomic mass is 9.93. The molecule has 0 saturated heterocycles. The van der Waals surface area contributed by atoms with E-state index >= 15 is 0 Å². The van der Waals surface area contributed by atoms with Gasteiger partial charge in [0.05, 0.1) is 17.9 Å². The summed E-state index contributed by atoms with van der Waals surface area (Å²) in [6.07, 6.45) is 1.94. The quantitative estimate of drug-likeness (QED) is 0.580. The Balaban J connectivity index is 1.54. The van der Waals surface area contributed by atoms with Gasteiger partial charge in [0.2, 0.25) is 10.0 Å². The van der Waals surface area contributed by atoms with Gasteiger partial charge in [0.25, 0.3) is 0 Å². The number of aliphatic hydroxyl groups is 1. The van der Waals surface area contributed by atoms with Crippen LogP contribution < -0.4 is 9.46 Å². The van der Waals surface area contributed by atoms with Crippen molar-refractivity contribution >= 4 is 22.1 Å². The Labute approximate surface area is 175 Å². The van der Waals surface area contributed by atoms with Crippen molar-refractivity contribution in [2.24, 2.45) is 0 Å². The first-order valence-electron chi connectivity index (χ1n) is 9.76. The topological polar surface area (TPSA) is 113 Å². The largest absolute Gasteiger partial charge is 0.489 e. The molecule has 4 unspecified atom stereocenters. The van der Waals surface area contributed by atoms with E-state index in [1.807, 2.05) is 36.4 Å². The molecule has 1 aliphatic heterocycles. The van der Waals surface area contributed by atoms with E-state index in [1.165, 1.54) is 6.08 Å². The molecule has 2 aliphatic rings. The Morgan fingerprint density at radius 1 is 1.17 bits per heavy atom. The van der Waals surface area contributed by atoms with Crippen LogP contribution in [-0.2, 0) is 21.2 Å². The number of hydrogen-bond acceptors (Lipinski definition) is 5. The minimum absolute atomic E-state index is 0.0767. The van der Waals surface area contributed by atoms with Gasteiger partial charge in [0.1, 0.15) is 11.9 Å². The minimum atomic E-state index is -3.63. The first kappa shape index (κ1) is 20.6. The number of sulfonamides is 1. The van der Waals surface area contributed by atoms with Gasteiger partial charge in [0, 0.05) is 29.5 Å². The van der Waals surface area contributed by atoms with E-state index in [2.05, 4.69) is 4.72 Å². The zero-order valence-electron chi connectivity index (χ0n) is 16.1. The number of fused-ring (bicyclic) bond motifs is 3. The maximum absolute atomic E-state index is 12.7. The van der Waals surface area contributed by atoms with Crippen LogP contribution >= 0.6 is 0 Å². The van der Waals surface area contributed by atoms with E-state index in [0.29, 0.717) is 24.2 Å². The maximum atomic E-state index is 12.7. The van der Waals surface area contributed by atoms with E-state index in [4.69, 9.17) is 9.84 Å². The highest BCUT2D eigenvalue weighted by molar-refractivity contribution is 7.89. The van der Waals surface area contributed by atoms with Crippen LogP contribution in [0, 0.1) is 0 Å². The summed E-state index contributed by atoms with van der Waals surface area (Å²) in [5, 5.41) is 19.4. The summed E-state index contributed by atoms with van der Waals surface area (Å²) < 4.78 is 34.1. The summed E-state index contributed by atoms with van der Waals surface area (Å²) in [4.78, 5) is 10.8. The molecule has 7 nitrogen and oxygen atoms in total. The third-order valence-electron chi connectivity index (χ3n) is 5.60. The molecule has 1 fully saturated rings. The van der Waals surface area contributed by atoms with Crippen molar-refractivity contribution in [3.8, 4) is 5.75 Å². The molecule has 158 valence electrons. The average Bonchev–Trinajstić information content (AvgIpc) is 3.21. The zero-order valence-corrected chi connectivity index (χ0v) is 17.0. The predicted octanol–water partition coefficient (Wildman–Crippen LogP) is 1.92. The second-order valence-corrected chi connectivity index (χ2v) is 9.49. The van der Waals surface area contributed by atoms with Crippen LogP contribution in [0.4, 0.5) is 0 Å². The van der Waals surface area contributed by atoms with Crippen LogP contribution in [0.2, 0.25) is 0 Å². The van der Waals surface area contributed by atoms with Crippen LogP contribution in [0.15, 0.2) is 54.6 Å². The third-order valence-corrected chi connectivity index (χ3v) is 6.98. The second kappa shape index (κ2) is 8.22. The van der Waals surface area contributed by atoms with Crippen molar-refractivity contribution in [2.45, 2.75) is 37.0 Å². The molecule has 30 heavy (non-hydrogen) atoms. The Bertz CT molecular complexity index is 1070. The second-order valence-electron chi connectivity index (χ2n) is 7.62. The standard InChI is InChI=1S/C22H23NO6S/c24-17-13-18-20(16-8-4-7-15(22(16)29-18)9-10-19(25)26)21(17)23-30(27,28)12-11-14-5-2-1-3-6-14/h1-10,17-18,20-21,23-24H,11-13H2,(H,25,26)/b10-9+. The summed E-state index contributed by atoms with van der Waals surface area (Å²) in [6, 6.07) is 14.0. The van der Waals surface area contributed by atoms with Gasteiger partial charge in [-0.1, -0.05) is 48.5 Å². The number of nitrogens with one attached hydrogen (secondary N) is 1. The van der Waals surface area contributed by atoms with Gasteiger partial charge in [-0.3, -0.25) is 0 Å². The van der Waals surface area contributed by atoms with Gasteiger partial charge in [-0.25, -0.2) is 17.9 Å². The summed E-state index contributed by atoms with van der Waals surface area (Å²) in [7, 11) is -3.63. The molecule has 0 bridgehead atoms. The van der Waals surface area contributed by atoms with Crippen molar-refractivity contribution in [1.29, 1.82) is 0 Å². The van der Waals surface area contributed by atoms with E-state index in [-0.39, 0.29) is 17.8 Å². The number of hydrogen-bond donors (Lipinski definition) is 3. The van der Waals surface area contributed by atoms with Crippen molar-refractivity contribution in [3.05, 3.63) is 71.3 Å². The molecule has 0 aromatic heterocycles. The van der Waals surface area contributed by atoms with Crippen LogP contribution in [0.5, 0.6) is 5.75 Å². The Morgan fingerprint density at radius 2 is 1.93 bits per heavy atom. The molecule has 8 heteroatoms. The maximum Gasteiger partial charge on any atom is 0.328 e. The molecule has 0 spiro atoms. The number of aryl methyl sites for hydroxylation is 1. The highest BCUT2D eigenvalue weighted by atomic mass is 32.2. The molecule has 2 aromatic carbocycles. The lowest BCUT2D eigenvalue weighted by molar-refractivity contribution is -0.131. The fourth-order valence-electron chi connectivity index (χ4n) is 4.25. The van der Waals surface area contributed by atoms with Crippen LogP contribution in [0.3, 0.4) is 0 Å². The van der Waals surface area contributed by atoms with Crippen molar-refractivity contribution in [3.63, 3.8) is 0 Å². The van der Waals surface area contributed by atoms with Gasteiger partial charge in [-0.2, -0.15) is 0 Å². The fourth-order valence-corrected chi connectivity index (χ4v) is 5.59. The summed E-state index contributed by atoms with van der Waals surface area (Å²) in [5.74, 6) is -0.928. The summed E-state index contributed by atoms with van der Waals surface area (Å²) in [5.41, 5.74) is 2.32. The first-order valence-corrected chi connectivity index (χ1v) is 11.4. The molecule has 2 aromatic rings. The van der Waals surface area contributed by atoms with Crippen molar-refractivity contribution < 1.29 is 28.2 Å². The number of carboxylic acids is 1. The molecule has 1 heterocycles. The number of ether oxygens (including phenoxy) is 1. The fraction of sp³-hybridized carbons (Fsp3) is 0.318. The van der Waals surface area contributed by atoms with Gasteiger partial charge in [0.15, 0.2) is 0 Å². The van der Waals surface area contributed by atoms with Crippen molar-refractivity contribution in [1.82, 2.24) is 4.72 Å². The molecule has 3 N–H and O–H groups in total. The van der Waals surface area contributed by atoms with Gasteiger partial charge in [-0.15, -0.1) is 0 Å². The van der Waals surface area contributed by atoms with Crippen molar-refractivity contribution in [2.75, 3.05) is 5.75 Å². The molecule has 1 aliphatic carbocycles. The van der Waals surface area contributed by atoms with Crippen LogP contribution in [0.25, 0.3) is 6.08 Å². The number of para-hydroxylation sites is 1. The number of rotatable bonds is 7. The summed E-state index contributed by atoms with van der Waals surface area (Å²) >= 11 is 0. The van der Waals surface area contributed by atoms with Crippen LogP contribution in [0.1, 0.15) is 29.0 Å². The lowest BCUT2D eigenvalue weighted by Crippen LogP contribution is -2.44. The number of aliphatic carboxylic acids is 1. The number of benzene rings is 2. The van der Waals surface area contributed by atoms with Gasteiger partial charge >= 0.3 is 5.97 Å². The number of aliphatic hydroxyl groups excluding tert-OH is 1. The van der Waals surface area contributed by atoms with Crippen LogP contribution in [-0.4, -0.2) is 48.6 Å². The number of carbonyl (C=O) groups is 1. The Kier molecular flexibility index (Phi) is 5.64. The Morgan fingerprint density at radius 3 is 2.67 bits per heavy atom. The molecule has 1 saturated carbocycles. The predicted molar refractivity (Wildman–Crippen MR) is 112 cm³/mol. The highest BCUT2D eigenvalue weighted by Crippen LogP contribution is 2.49. The first-order chi connectivity index (χ1) is 14.3. The molecule has 0 amide bonds. The van der Waals surface area contributed by atoms with E-state index in [0.717, 1.165) is 17.2 Å². The third kappa shape index (κ3) is 4.26. The monoisotopic (exact) mass is 429 g/mol. The van der Waals surface area contributed by atoms with E-state index in [1.54, 1.807) is 12.1 Å². The van der Waals surface area contributed by atoms with E-state index < -0.39 is 28.1 Å². The average molecular weight is 429 g/mol. The Hall–Kier alpha value is -2.68. The zero-order chi connectivity index (χ0) is 21.3. The molecular weight excluding hydrogens is 406 g/mol. The van der Waals surface area contributed by atoms with Gasteiger partial charge < -0.3 is 14.9 Å². The summed E-state index contributed by atoms with van der Waals surface area (Å²) in [6.45, 7) is 0. The SMILES string of the molecule is O=C(O)/C=C/c1cccc2c1OC1CC(O)C(NS(=O)(=O)CCc3ccccc3)C21. The van der Waals surface area contributed by atoms with Gasteiger partial charge in [-0.05, 0) is 18.1 Å². The molecule has 4 rings (SSSR count). The normalized spacial score (nSPS) is 25.1. The molecular formula is C22H23NO6S. The lowest BCUT2D eigenvalue weighted by Gasteiger charge is -2.22. The molecule has 4 atom stereocenters. The number of carboxylic acid groups (broad SMARTS) is 1. The highest BCUT2D eigenvalue weighted by Gasteiger charge is 2.51. The molecule has 0 radical (unpaired) electrons.